The molecule has 0 amide bonds. The molecule has 0 fully saturated rings. The third kappa shape index (κ3) is 1.59. The van der Waals surface area contributed by atoms with Gasteiger partial charge in [-0.15, -0.1) is 0 Å². The van der Waals surface area contributed by atoms with Gasteiger partial charge in [0.05, 0.1) is 0 Å². The molecule has 10 heavy (non-hydrogen) atoms. The van der Waals surface area contributed by atoms with Crippen LogP contribution in [0.4, 0.5) is 13.2 Å². The standard InChI is InChI=1S/C6H6F3N/c7-6(8,9)5-3-1-2-4-10-5/h1,3H,2,4H2. The van der Waals surface area contributed by atoms with Gasteiger partial charge in [0.1, 0.15) is 5.71 Å². The van der Waals surface area contributed by atoms with Gasteiger partial charge in [-0.05, 0) is 12.5 Å². The first-order chi connectivity index (χ1) is 4.61. The molecule has 4 heteroatoms. The fourth-order valence-electron chi connectivity index (χ4n) is 0.691. The summed E-state index contributed by atoms with van der Waals surface area (Å²) in [6.07, 6.45) is -1.16. The predicted octanol–water partition coefficient (Wildman–Crippen LogP) is 1.95. The third-order valence-corrected chi connectivity index (χ3v) is 1.14. The van der Waals surface area contributed by atoms with Crippen LogP contribution in [0.2, 0.25) is 0 Å². The van der Waals surface area contributed by atoms with Crippen LogP contribution >= 0.6 is 0 Å². The Morgan fingerprint density at radius 1 is 1.40 bits per heavy atom. The number of hydrogen-bond acceptors (Lipinski definition) is 1. The number of rotatable bonds is 0. The van der Waals surface area contributed by atoms with E-state index in [4.69, 9.17) is 0 Å². The van der Waals surface area contributed by atoms with E-state index in [9.17, 15) is 13.2 Å². The summed E-state index contributed by atoms with van der Waals surface area (Å²) in [5.41, 5.74) is -0.765. The number of hydrogen-bond donors (Lipinski definition) is 0. The number of alkyl halides is 3. The first-order valence-corrected chi connectivity index (χ1v) is 2.89. The van der Waals surface area contributed by atoms with E-state index in [2.05, 4.69) is 4.99 Å². The van der Waals surface area contributed by atoms with Gasteiger partial charge in [0.2, 0.25) is 0 Å². The summed E-state index contributed by atoms with van der Waals surface area (Å²) in [6.45, 7) is 0.255. The van der Waals surface area contributed by atoms with Gasteiger partial charge in [0.15, 0.2) is 0 Å². The average Bonchev–Trinajstić information content (AvgIpc) is 1.88. The maximum Gasteiger partial charge on any atom is 0.432 e. The summed E-state index contributed by atoms with van der Waals surface area (Å²) in [5.74, 6) is 0. The van der Waals surface area contributed by atoms with Crippen molar-refractivity contribution in [3.63, 3.8) is 0 Å². The van der Waals surface area contributed by atoms with Crippen molar-refractivity contribution >= 4 is 5.71 Å². The van der Waals surface area contributed by atoms with Crippen molar-refractivity contribution in [2.75, 3.05) is 6.54 Å². The molecule has 1 aliphatic heterocycles. The Kier molecular flexibility index (Phi) is 1.78. The molecule has 0 saturated carbocycles. The molecule has 0 atom stereocenters. The molecule has 0 unspecified atom stereocenters. The lowest BCUT2D eigenvalue weighted by Crippen LogP contribution is -2.22. The van der Waals surface area contributed by atoms with E-state index in [1.165, 1.54) is 6.08 Å². The van der Waals surface area contributed by atoms with E-state index < -0.39 is 11.9 Å². The monoisotopic (exact) mass is 149 g/mol. The van der Waals surface area contributed by atoms with Gasteiger partial charge in [-0.1, -0.05) is 6.08 Å². The second-order valence-electron chi connectivity index (χ2n) is 1.96. The highest BCUT2D eigenvalue weighted by Crippen LogP contribution is 2.19. The van der Waals surface area contributed by atoms with Gasteiger partial charge < -0.3 is 0 Å². The van der Waals surface area contributed by atoms with Crippen LogP contribution in [-0.2, 0) is 0 Å². The van der Waals surface area contributed by atoms with E-state index in [1.807, 2.05) is 0 Å². The van der Waals surface area contributed by atoms with Crippen LogP contribution in [0.15, 0.2) is 17.1 Å². The molecule has 0 aromatic carbocycles. The van der Waals surface area contributed by atoms with Crippen LogP contribution in [0.25, 0.3) is 0 Å². The van der Waals surface area contributed by atoms with Crippen LogP contribution in [-0.4, -0.2) is 18.4 Å². The molecule has 0 bridgehead atoms. The van der Waals surface area contributed by atoms with E-state index in [0.29, 0.717) is 6.42 Å². The highest BCUT2D eigenvalue weighted by atomic mass is 19.4. The summed E-state index contributed by atoms with van der Waals surface area (Å²) in [4.78, 5) is 3.31. The zero-order valence-electron chi connectivity index (χ0n) is 5.15. The molecule has 0 aliphatic carbocycles. The zero-order chi connectivity index (χ0) is 7.61. The number of allylic oxidation sites excluding steroid dienone is 1. The minimum Gasteiger partial charge on any atom is -0.280 e. The van der Waals surface area contributed by atoms with Crippen molar-refractivity contribution in [3.05, 3.63) is 12.2 Å². The number of nitrogens with zero attached hydrogens (tertiary/aromatic N) is 1. The smallest absolute Gasteiger partial charge is 0.280 e. The largest absolute Gasteiger partial charge is 0.432 e. The zero-order valence-corrected chi connectivity index (χ0v) is 5.15. The van der Waals surface area contributed by atoms with Crippen LogP contribution in [0.3, 0.4) is 0 Å². The Labute approximate surface area is 56.3 Å². The minimum absolute atomic E-state index is 0.255. The van der Waals surface area contributed by atoms with E-state index in [0.717, 1.165) is 6.08 Å². The molecule has 0 saturated heterocycles. The van der Waals surface area contributed by atoms with Gasteiger partial charge in [-0.25, -0.2) is 0 Å². The Morgan fingerprint density at radius 2 is 2.10 bits per heavy atom. The average molecular weight is 149 g/mol. The van der Waals surface area contributed by atoms with Crippen molar-refractivity contribution in [1.29, 1.82) is 0 Å². The minimum atomic E-state index is -4.27. The van der Waals surface area contributed by atoms with Gasteiger partial charge >= 0.3 is 6.18 Å². The molecule has 0 spiro atoms. The number of halogens is 3. The fraction of sp³-hybridized carbons (Fsp3) is 0.500. The second-order valence-corrected chi connectivity index (χ2v) is 1.96. The summed E-state index contributed by atoms with van der Waals surface area (Å²) in [6, 6.07) is 0. The fourth-order valence-corrected chi connectivity index (χ4v) is 0.691. The van der Waals surface area contributed by atoms with Crippen molar-refractivity contribution in [3.8, 4) is 0 Å². The maximum absolute atomic E-state index is 11.8. The van der Waals surface area contributed by atoms with E-state index in [1.54, 1.807) is 0 Å². The van der Waals surface area contributed by atoms with Gasteiger partial charge in [0.25, 0.3) is 0 Å². The molecule has 0 aromatic rings. The lowest BCUT2D eigenvalue weighted by molar-refractivity contribution is -0.0579. The van der Waals surface area contributed by atoms with Crippen LogP contribution in [0, 0.1) is 0 Å². The normalized spacial score (nSPS) is 18.9. The highest BCUT2D eigenvalue weighted by molar-refractivity contribution is 5.99. The molecule has 1 rings (SSSR count). The van der Waals surface area contributed by atoms with Crippen molar-refractivity contribution < 1.29 is 13.2 Å². The number of aliphatic imine (C=N–C) groups is 1. The van der Waals surface area contributed by atoms with Crippen LogP contribution in [0.5, 0.6) is 0 Å². The van der Waals surface area contributed by atoms with E-state index >= 15 is 0 Å². The van der Waals surface area contributed by atoms with Crippen molar-refractivity contribution in [2.45, 2.75) is 12.6 Å². The summed E-state index contributed by atoms with van der Waals surface area (Å²) in [5, 5.41) is 0. The Hall–Kier alpha value is -0.800. The quantitative estimate of drug-likeness (QED) is 0.499. The first kappa shape index (κ1) is 7.31. The van der Waals surface area contributed by atoms with Gasteiger partial charge in [-0.3, -0.25) is 4.99 Å². The predicted molar refractivity (Wildman–Crippen MR) is 32.1 cm³/mol. The molecule has 1 heterocycles. The Bertz CT molecular complexity index is 178. The van der Waals surface area contributed by atoms with Gasteiger partial charge in [0, 0.05) is 6.54 Å². The van der Waals surface area contributed by atoms with Crippen LogP contribution in [0.1, 0.15) is 6.42 Å². The van der Waals surface area contributed by atoms with E-state index in [-0.39, 0.29) is 6.54 Å². The second kappa shape index (κ2) is 2.44. The molecular formula is C6H6F3N. The Balaban J connectivity index is 2.73. The topological polar surface area (TPSA) is 12.4 Å². The molecule has 1 nitrogen and oxygen atoms in total. The van der Waals surface area contributed by atoms with Crippen molar-refractivity contribution in [1.82, 2.24) is 0 Å². The third-order valence-electron chi connectivity index (χ3n) is 1.14. The molecule has 0 aromatic heterocycles. The first-order valence-electron chi connectivity index (χ1n) is 2.89. The SMILES string of the molecule is FC(F)(F)C1=NCCC=C1. The highest BCUT2D eigenvalue weighted by Gasteiger charge is 2.33. The van der Waals surface area contributed by atoms with Crippen LogP contribution < -0.4 is 0 Å². The molecule has 0 N–H and O–H groups in total. The molecular weight excluding hydrogens is 143 g/mol. The molecule has 1 aliphatic rings. The lowest BCUT2D eigenvalue weighted by atomic mass is 10.2. The molecule has 56 valence electrons. The summed E-state index contributed by atoms with van der Waals surface area (Å²) in [7, 11) is 0. The summed E-state index contributed by atoms with van der Waals surface area (Å²) < 4.78 is 35.3. The van der Waals surface area contributed by atoms with Gasteiger partial charge in [-0.2, -0.15) is 13.2 Å². The van der Waals surface area contributed by atoms with Crippen molar-refractivity contribution in [2.24, 2.45) is 4.99 Å². The lowest BCUT2D eigenvalue weighted by Gasteiger charge is -2.08. The maximum atomic E-state index is 11.8. The summed E-state index contributed by atoms with van der Waals surface area (Å²) >= 11 is 0. The Morgan fingerprint density at radius 3 is 2.40 bits per heavy atom. The molecule has 0 radical (unpaired) electrons. The number of dihydropyridines is 1.